The second-order valence-electron chi connectivity index (χ2n) is 3.81. The van der Waals surface area contributed by atoms with E-state index in [0.29, 0.717) is 5.69 Å². The molecule has 2 N–H and O–H groups in total. The summed E-state index contributed by atoms with van der Waals surface area (Å²) in [6.45, 7) is 4.40. The molecule has 15 heavy (non-hydrogen) atoms. The molecule has 0 aliphatic rings. The van der Waals surface area contributed by atoms with E-state index in [1.165, 1.54) is 12.1 Å². The number of hydrogen-bond donors (Lipinski definition) is 1. The minimum Gasteiger partial charge on any atom is -0.490 e. The van der Waals surface area contributed by atoms with Crippen LogP contribution in [-0.4, -0.2) is 6.10 Å². The molecule has 4 heteroatoms. The fourth-order valence-corrected chi connectivity index (χ4v) is 1.25. The quantitative estimate of drug-likeness (QED) is 0.786. The summed E-state index contributed by atoms with van der Waals surface area (Å²) in [6.07, 6.45) is -0.144. The van der Waals surface area contributed by atoms with Crippen molar-refractivity contribution in [2.75, 3.05) is 5.73 Å². The van der Waals surface area contributed by atoms with Gasteiger partial charge in [-0.05, 0) is 32.0 Å². The number of ether oxygens (including phenoxy) is 1. The molecule has 0 aliphatic carbocycles. The van der Waals surface area contributed by atoms with E-state index in [9.17, 15) is 8.78 Å². The van der Waals surface area contributed by atoms with Crippen LogP contribution in [-0.2, 0) is 5.92 Å². The summed E-state index contributed by atoms with van der Waals surface area (Å²) in [5, 5.41) is 0. The average Bonchev–Trinajstić information content (AvgIpc) is 2.05. The number of nitrogens with two attached hydrogens (primary N) is 1. The van der Waals surface area contributed by atoms with E-state index in [1.807, 2.05) is 0 Å². The molecular weight excluding hydrogens is 200 g/mol. The van der Waals surface area contributed by atoms with Crippen molar-refractivity contribution in [2.24, 2.45) is 0 Å². The van der Waals surface area contributed by atoms with Crippen molar-refractivity contribution in [2.45, 2.75) is 32.8 Å². The minimum atomic E-state index is -2.94. The van der Waals surface area contributed by atoms with E-state index in [4.69, 9.17) is 10.5 Å². The topological polar surface area (TPSA) is 35.2 Å². The van der Waals surface area contributed by atoms with Gasteiger partial charge in [-0.3, -0.25) is 0 Å². The molecule has 0 aromatic heterocycles. The Hall–Kier alpha value is -1.32. The number of alkyl halides is 2. The Morgan fingerprint density at radius 2 is 1.93 bits per heavy atom. The number of benzene rings is 1. The molecule has 0 aliphatic heterocycles. The maximum atomic E-state index is 13.2. The van der Waals surface area contributed by atoms with Crippen LogP contribution in [0.25, 0.3) is 0 Å². The lowest BCUT2D eigenvalue weighted by molar-refractivity contribution is 0.0137. The van der Waals surface area contributed by atoms with Crippen LogP contribution < -0.4 is 10.5 Å². The molecule has 0 atom stereocenters. The van der Waals surface area contributed by atoms with E-state index in [-0.39, 0.29) is 17.4 Å². The van der Waals surface area contributed by atoms with E-state index in [2.05, 4.69) is 0 Å². The van der Waals surface area contributed by atoms with Crippen LogP contribution in [0.4, 0.5) is 14.5 Å². The molecule has 84 valence electrons. The zero-order valence-electron chi connectivity index (χ0n) is 9.05. The number of halogens is 2. The lowest BCUT2D eigenvalue weighted by Gasteiger charge is -2.18. The molecule has 0 saturated carbocycles. The Labute approximate surface area is 88.0 Å². The monoisotopic (exact) mass is 215 g/mol. The summed E-state index contributed by atoms with van der Waals surface area (Å²) < 4.78 is 31.7. The van der Waals surface area contributed by atoms with E-state index < -0.39 is 5.92 Å². The maximum Gasteiger partial charge on any atom is 0.274 e. The van der Waals surface area contributed by atoms with Crippen molar-refractivity contribution in [3.63, 3.8) is 0 Å². The SMILES string of the molecule is CC(C)Oc1ccc(N)cc1C(C)(F)F. The van der Waals surface area contributed by atoms with Gasteiger partial charge in [-0.1, -0.05) is 0 Å². The molecule has 0 fully saturated rings. The molecule has 0 amide bonds. The summed E-state index contributed by atoms with van der Waals surface area (Å²) in [4.78, 5) is 0. The predicted octanol–water partition coefficient (Wildman–Crippen LogP) is 3.17. The van der Waals surface area contributed by atoms with Gasteiger partial charge in [0.2, 0.25) is 0 Å². The van der Waals surface area contributed by atoms with E-state index in [1.54, 1.807) is 19.9 Å². The lowest BCUT2D eigenvalue weighted by Crippen LogP contribution is -2.14. The van der Waals surface area contributed by atoms with Crippen LogP contribution in [0.15, 0.2) is 18.2 Å². The number of anilines is 1. The highest BCUT2D eigenvalue weighted by Crippen LogP contribution is 2.36. The molecule has 1 aromatic rings. The van der Waals surface area contributed by atoms with Gasteiger partial charge in [-0.25, -0.2) is 8.78 Å². The van der Waals surface area contributed by atoms with Crippen LogP contribution in [0.5, 0.6) is 5.75 Å². The van der Waals surface area contributed by atoms with Crippen molar-refractivity contribution in [3.8, 4) is 5.75 Å². The molecule has 1 rings (SSSR count). The zero-order valence-corrected chi connectivity index (χ0v) is 9.05. The fourth-order valence-electron chi connectivity index (χ4n) is 1.25. The van der Waals surface area contributed by atoms with Crippen molar-refractivity contribution >= 4 is 5.69 Å². The first-order valence-electron chi connectivity index (χ1n) is 4.75. The summed E-state index contributed by atoms with van der Waals surface area (Å²) in [5.41, 5.74) is 5.60. The summed E-state index contributed by atoms with van der Waals surface area (Å²) in [5.74, 6) is -2.76. The normalized spacial score (nSPS) is 11.9. The third kappa shape index (κ3) is 3.08. The Balaban J connectivity index is 3.15. The molecule has 0 spiro atoms. The molecule has 0 heterocycles. The molecule has 0 saturated heterocycles. The van der Waals surface area contributed by atoms with Crippen molar-refractivity contribution in [3.05, 3.63) is 23.8 Å². The van der Waals surface area contributed by atoms with Crippen LogP contribution in [0.1, 0.15) is 26.3 Å². The van der Waals surface area contributed by atoms with Crippen molar-refractivity contribution in [1.82, 2.24) is 0 Å². The van der Waals surface area contributed by atoms with Crippen molar-refractivity contribution < 1.29 is 13.5 Å². The average molecular weight is 215 g/mol. The third-order valence-electron chi connectivity index (χ3n) is 1.84. The standard InChI is InChI=1S/C11H15F2NO/c1-7(2)15-10-5-4-8(14)6-9(10)11(3,12)13/h4-7H,14H2,1-3H3. The highest BCUT2D eigenvalue weighted by atomic mass is 19.3. The molecule has 0 bridgehead atoms. The Morgan fingerprint density at radius 3 is 2.40 bits per heavy atom. The van der Waals surface area contributed by atoms with Gasteiger partial charge in [0.25, 0.3) is 5.92 Å². The smallest absolute Gasteiger partial charge is 0.274 e. The second-order valence-corrected chi connectivity index (χ2v) is 3.81. The molecule has 2 nitrogen and oxygen atoms in total. The molecular formula is C11H15F2NO. The Morgan fingerprint density at radius 1 is 1.33 bits per heavy atom. The summed E-state index contributed by atoms with van der Waals surface area (Å²) in [6, 6.07) is 4.27. The number of rotatable bonds is 3. The van der Waals surface area contributed by atoms with Gasteiger partial charge in [0.05, 0.1) is 11.7 Å². The van der Waals surface area contributed by atoms with Crippen LogP contribution in [0, 0.1) is 0 Å². The first-order chi connectivity index (χ1) is 6.80. The number of nitrogen functional groups attached to an aromatic ring is 1. The first kappa shape index (κ1) is 11.8. The van der Waals surface area contributed by atoms with Gasteiger partial charge in [0.15, 0.2) is 0 Å². The number of hydrogen-bond acceptors (Lipinski definition) is 2. The van der Waals surface area contributed by atoms with Crippen LogP contribution >= 0.6 is 0 Å². The van der Waals surface area contributed by atoms with E-state index in [0.717, 1.165) is 6.92 Å². The van der Waals surface area contributed by atoms with Gasteiger partial charge in [-0.2, -0.15) is 0 Å². The fraction of sp³-hybridized carbons (Fsp3) is 0.455. The molecule has 0 unspecified atom stereocenters. The van der Waals surface area contributed by atoms with Crippen LogP contribution in [0.3, 0.4) is 0 Å². The van der Waals surface area contributed by atoms with Gasteiger partial charge < -0.3 is 10.5 Å². The lowest BCUT2D eigenvalue weighted by atomic mass is 10.1. The minimum absolute atomic E-state index is 0.144. The van der Waals surface area contributed by atoms with Gasteiger partial charge in [0.1, 0.15) is 5.75 Å². The third-order valence-corrected chi connectivity index (χ3v) is 1.84. The van der Waals surface area contributed by atoms with Crippen LogP contribution in [0.2, 0.25) is 0 Å². The molecule has 1 aromatic carbocycles. The Kier molecular flexibility index (Phi) is 3.17. The van der Waals surface area contributed by atoms with Gasteiger partial charge >= 0.3 is 0 Å². The predicted molar refractivity (Wildman–Crippen MR) is 56.2 cm³/mol. The largest absolute Gasteiger partial charge is 0.490 e. The summed E-state index contributed by atoms with van der Waals surface area (Å²) >= 11 is 0. The zero-order chi connectivity index (χ0) is 11.6. The highest BCUT2D eigenvalue weighted by molar-refractivity contribution is 5.49. The molecule has 0 radical (unpaired) electrons. The van der Waals surface area contributed by atoms with Crippen molar-refractivity contribution in [1.29, 1.82) is 0 Å². The van der Waals surface area contributed by atoms with E-state index >= 15 is 0 Å². The van der Waals surface area contributed by atoms with Gasteiger partial charge in [-0.15, -0.1) is 0 Å². The first-order valence-corrected chi connectivity index (χ1v) is 4.75. The maximum absolute atomic E-state index is 13.2. The Bertz CT molecular complexity index is 345. The highest BCUT2D eigenvalue weighted by Gasteiger charge is 2.29. The summed E-state index contributed by atoms with van der Waals surface area (Å²) in [7, 11) is 0. The van der Waals surface area contributed by atoms with Gasteiger partial charge in [0, 0.05) is 12.6 Å². The second kappa shape index (κ2) is 4.04.